The van der Waals surface area contributed by atoms with Crippen molar-refractivity contribution >= 4 is 23.0 Å². The molecule has 2 aromatic rings. The fourth-order valence-corrected chi connectivity index (χ4v) is 4.63. The summed E-state index contributed by atoms with van der Waals surface area (Å²) in [5.41, 5.74) is 3.30. The predicted octanol–water partition coefficient (Wildman–Crippen LogP) is 5.17. The molecule has 2 atom stereocenters. The first kappa shape index (κ1) is 22.0. The Bertz CT molecular complexity index is 817. The van der Waals surface area contributed by atoms with Gasteiger partial charge in [-0.1, -0.05) is 13.8 Å². The summed E-state index contributed by atoms with van der Waals surface area (Å²) < 4.78 is 5.61. The minimum atomic E-state index is -0.0443. The minimum Gasteiger partial charge on any atom is -0.494 e. The van der Waals surface area contributed by atoms with E-state index in [1.165, 1.54) is 18.3 Å². The summed E-state index contributed by atoms with van der Waals surface area (Å²) >= 11 is 0. The summed E-state index contributed by atoms with van der Waals surface area (Å²) in [4.78, 5) is 16.4. The van der Waals surface area contributed by atoms with Crippen LogP contribution < -0.4 is 19.9 Å². The molecule has 1 aliphatic heterocycles. The number of anilines is 3. The van der Waals surface area contributed by atoms with Crippen LogP contribution in [0.3, 0.4) is 0 Å². The van der Waals surface area contributed by atoms with E-state index in [1.807, 2.05) is 19.1 Å². The second-order valence-electron chi connectivity index (χ2n) is 8.37. The highest BCUT2D eigenvalue weighted by Crippen LogP contribution is 2.32. The van der Waals surface area contributed by atoms with Crippen molar-refractivity contribution in [3.05, 3.63) is 48.5 Å². The van der Waals surface area contributed by atoms with Crippen LogP contribution in [0.1, 0.15) is 41.0 Å². The third-order valence-electron chi connectivity index (χ3n) is 5.83. The number of amides is 1. The van der Waals surface area contributed by atoms with Gasteiger partial charge in [0.25, 0.3) is 0 Å². The molecule has 0 spiro atoms. The van der Waals surface area contributed by atoms with Crippen molar-refractivity contribution in [2.45, 2.75) is 53.1 Å². The van der Waals surface area contributed by atoms with Gasteiger partial charge in [-0.3, -0.25) is 4.79 Å². The van der Waals surface area contributed by atoms with Gasteiger partial charge in [0.05, 0.1) is 12.6 Å². The number of nitrogens with zero attached hydrogens (tertiary/aromatic N) is 2. The van der Waals surface area contributed by atoms with E-state index in [1.54, 1.807) is 0 Å². The number of benzene rings is 2. The molecule has 1 aliphatic rings. The first-order valence-corrected chi connectivity index (χ1v) is 11.0. The molecular formula is C25H35N3O2. The summed E-state index contributed by atoms with van der Waals surface area (Å²) in [6, 6.07) is 17.5. The van der Waals surface area contributed by atoms with Crippen molar-refractivity contribution in [3.8, 4) is 5.75 Å². The van der Waals surface area contributed by atoms with Crippen LogP contribution in [0.25, 0.3) is 0 Å². The number of hydrogen-bond donors (Lipinski definition) is 1. The van der Waals surface area contributed by atoms with Gasteiger partial charge in [-0.25, -0.2) is 0 Å². The molecule has 162 valence electrons. The number of nitrogens with one attached hydrogen (secondary N) is 1. The highest BCUT2D eigenvalue weighted by molar-refractivity contribution is 5.88. The van der Waals surface area contributed by atoms with Gasteiger partial charge in [0.15, 0.2) is 0 Å². The molecule has 5 nitrogen and oxygen atoms in total. The van der Waals surface area contributed by atoms with E-state index in [0.717, 1.165) is 30.9 Å². The van der Waals surface area contributed by atoms with Gasteiger partial charge >= 0.3 is 0 Å². The number of carbonyl (C=O) groups excluding carboxylic acids is 1. The molecule has 0 radical (unpaired) electrons. The largest absolute Gasteiger partial charge is 0.494 e. The maximum absolute atomic E-state index is 11.3. The molecule has 0 saturated carbocycles. The molecule has 1 saturated heterocycles. The highest BCUT2D eigenvalue weighted by atomic mass is 16.5. The Labute approximate surface area is 181 Å². The Kier molecular flexibility index (Phi) is 7.24. The quantitative estimate of drug-likeness (QED) is 0.715. The standard InChI is InChI=1S/C25H35N3O2/c1-6-30-24-14-12-22(13-15-24)27-16-7-17-28(25(18(2)3)19(27)4)23-10-8-21(9-11-23)26-20(5)29/h8-15,18-19,25H,6-7,16-17H2,1-5H3,(H,26,29). The lowest BCUT2D eigenvalue weighted by molar-refractivity contribution is -0.114. The summed E-state index contributed by atoms with van der Waals surface area (Å²) in [6.07, 6.45) is 1.09. The van der Waals surface area contributed by atoms with E-state index >= 15 is 0 Å². The van der Waals surface area contributed by atoms with E-state index in [2.05, 4.69) is 72.3 Å². The lowest BCUT2D eigenvalue weighted by Gasteiger charge is -2.42. The SMILES string of the molecule is CCOc1ccc(N2CCCN(c3ccc(NC(C)=O)cc3)C(C(C)C)C2C)cc1. The third-order valence-corrected chi connectivity index (χ3v) is 5.83. The molecule has 1 amide bonds. The number of carbonyl (C=O) groups is 1. The molecule has 3 rings (SSSR count). The fourth-order valence-electron chi connectivity index (χ4n) is 4.63. The first-order chi connectivity index (χ1) is 14.4. The van der Waals surface area contributed by atoms with Gasteiger partial charge in [0.2, 0.25) is 5.91 Å². The maximum atomic E-state index is 11.3. The van der Waals surface area contributed by atoms with Crippen LogP contribution in [0.4, 0.5) is 17.1 Å². The number of ether oxygens (including phenoxy) is 1. The van der Waals surface area contributed by atoms with E-state index in [-0.39, 0.29) is 5.91 Å². The lowest BCUT2D eigenvalue weighted by Crippen LogP contribution is -2.51. The summed E-state index contributed by atoms with van der Waals surface area (Å²) in [7, 11) is 0. The predicted molar refractivity (Wildman–Crippen MR) is 126 cm³/mol. The van der Waals surface area contributed by atoms with Crippen molar-refractivity contribution in [2.24, 2.45) is 5.92 Å². The maximum Gasteiger partial charge on any atom is 0.221 e. The van der Waals surface area contributed by atoms with Gasteiger partial charge in [0, 0.05) is 43.1 Å². The Morgan fingerprint density at radius 3 is 2.17 bits per heavy atom. The van der Waals surface area contributed by atoms with E-state index in [0.29, 0.717) is 24.6 Å². The zero-order chi connectivity index (χ0) is 21.7. The monoisotopic (exact) mass is 409 g/mol. The molecule has 0 aromatic heterocycles. The van der Waals surface area contributed by atoms with Gasteiger partial charge < -0.3 is 19.9 Å². The summed E-state index contributed by atoms with van der Waals surface area (Å²) in [6.45, 7) is 13.2. The van der Waals surface area contributed by atoms with Crippen LogP contribution >= 0.6 is 0 Å². The molecule has 30 heavy (non-hydrogen) atoms. The average Bonchev–Trinajstić information content (AvgIpc) is 2.88. The Morgan fingerprint density at radius 2 is 1.60 bits per heavy atom. The molecule has 0 bridgehead atoms. The average molecular weight is 410 g/mol. The molecule has 1 heterocycles. The van der Waals surface area contributed by atoms with Crippen molar-refractivity contribution in [1.29, 1.82) is 0 Å². The van der Waals surface area contributed by atoms with Gasteiger partial charge in [-0.05, 0) is 74.7 Å². The summed E-state index contributed by atoms with van der Waals surface area (Å²) in [5, 5.41) is 2.86. The molecule has 1 N–H and O–H groups in total. The van der Waals surface area contributed by atoms with Crippen LogP contribution in [-0.2, 0) is 4.79 Å². The van der Waals surface area contributed by atoms with Crippen LogP contribution in [0.5, 0.6) is 5.75 Å². The van der Waals surface area contributed by atoms with Gasteiger partial charge in [-0.2, -0.15) is 0 Å². The van der Waals surface area contributed by atoms with E-state index < -0.39 is 0 Å². The highest BCUT2D eigenvalue weighted by Gasteiger charge is 2.34. The molecular weight excluding hydrogens is 374 g/mol. The molecule has 0 aliphatic carbocycles. The zero-order valence-corrected chi connectivity index (χ0v) is 18.9. The number of rotatable bonds is 6. The number of hydrogen-bond acceptors (Lipinski definition) is 4. The fraction of sp³-hybridized carbons (Fsp3) is 0.480. The molecule has 5 heteroatoms. The first-order valence-electron chi connectivity index (χ1n) is 11.0. The minimum absolute atomic E-state index is 0.0443. The van der Waals surface area contributed by atoms with E-state index in [9.17, 15) is 4.79 Å². The van der Waals surface area contributed by atoms with Crippen LogP contribution in [0.2, 0.25) is 0 Å². The van der Waals surface area contributed by atoms with Crippen molar-refractivity contribution in [3.63, 3.8) is 0 Å². The second-order valence-corrected chi connectivity index (χ2v) is 8.37. The van der Waals surface area contributed by atoms with Crippen molar-refractivity contribution < 1.29 is 9.53 Å². The normalized spacial score (nSPS) is 19.5. The third kappa shape index (κ3) is 5.07. The Morgan fingerprint density at radius 1 is 1.03 bits per heavy atom. The Hall–Kier alpha value is -2.69. The smallest absolute Gasteiger partial charge is 0.221 e. The van der Waals surface area contributed by atoms with Crippen molar-refractivity contribution in [2.75, 3.05) is 34.8 Å². The van der Waals surface area contributed by atoms with Crippen LogP contribution in [-0.4, -0.2) is 37.7 Å². The zero-order valence-electron chi connectivity index (χ0n) is 18.9. The second kappa shape index (κ2) is 9.88. The lowest BCUT2D eigenvalue weighted by atomic mass is 9.94. The van der Waals surface area contributed by atoms with Crippen molar-refractivity contribution in [1.82, 2.24) is 0 Å². The Balaban J connectivity index is 1.84. The molecule has 2 aromatic carbocycles. The van der Waals surface area contributed by atoms with Crippen LogP contribution in [0, 0.1) is 5.92 Å². The van der Waals surface area contributed by atoms with E-state index in [4.69, 9.17) is 4.74 Å². The molecule has 1 fully saturated rings. The van der Waals surface area contributed by atoms with Gasteiger partial charge in [-0.15, -0.1) is 0 Å². The topological polar surface area (TPSA) is 44.8 Å². The molecule has 2 unspecified atom stereocenters. The van der Waals surface area contributed by atoms with Crippen LogP contribution in [0.15, 0.2) is 48.5 Å². The van der Waals surface area contributed by atoms with Gasteiger partial charge in [0.1, 0.15) is 5.75 Å². The summed E-state index contributed by atoms with van der Waals surface area (Å²) in [5.74, 6) is 1.38.